The average molecular weight is 412 g/mol. The van der Waals surface area contributed by atoms with Crippen LogP contribution in [0.5, 0.6) is 0 Å². The van der Waals surface area contributed by atoms with Gasteiger partial charge in [-0.05, 0) is 74.5 Å². The maximum absolute atomic E-state index is 12.2. The Morgan fingerprint density at radius 1 is 1.24 bits per heavy atom. The minimum atomic E-state index is -0.303. The first kappa shape index (κ1) is 20.8. The summed E-state index contributed by atoms with van der Waals surface area (Å²) in [6, 6.07) is 9.36. The van der Waals surface area contributed by atoms with Crippen molar-refractivity contribution in [1.29, 1.82) is 0 Å². The number of hydrogen-bond donors (Lipinski definition) is 1. The summed E-state index contributed by atoms with van der Waals surface area (Å²) in [5.41, 5.74) is 4.87. The van der Waals surface area contributed by atoms with Crippen LogP contribution < -0.4 is 5.32 Å². The highest BCUT2D eigenvalue weighted by Crippen LogP contribution is 2.24. The topological polar surface area (TPSA) is 63.6 Å². The summed E-state index contributed by atoms with van der Waals surface area (Å²) in [6.45, 7) is 6.49. The number of ether oxygens (including phenoxy) is 1. The lowest BCUT2D eigenvalue weighted by atomic mass is 10.2. The summed E-state index contributed by atoms with van der Waals surface area (Å²) in [5, 5.41) is 3.35. The predicted molar refractivity (Wildman–Crippen MR) is 117 cm³/mol. The first-order chi connectivity index (χ1) is 13.8. The maximum atomic E-state index is 12.2. The number of aryl methyl sites for hydroxylation is 1. The summed E-state index contributed by atoms with van der Waals surface area (Å²) < 4.78 is 7.34. The van der Waals surface area contributed by atoms with Gasteiger partial charge in [-0.1, -0.05) is 13.3 Å². The molecule has 1 aromatic carbocycles. The van der Waals surface area contributed by atoms with Gasteiger partial charge in [0.15, 0.2) is 5.11 Å². The SMILES string of the molecule is CCCCOC(=O)c1ccc(-n2c(C)cc(/C=C3\NC(=S)N(C)C3=O)c2C)cc1. The van der Waals surface area contributed by atoms with E-state index in [0.717, 1.165) is 35.5 Å². The zero-order valence-electron chi connectivity index (χ0n) is 17.1. The van der Waals surface area contributed by atoms with Crippen LogP contribution in [0.4, 0.5) is 0 Å². The molecule has 0 radical (unpaired) electrons. The summed E-state index contributed by atoms with van der Waals surface area (Å²) in [7, 11) is 1.65. The number of nitrogens with zero attached hydrogens (tertiary/aromatic N) is 2. The van der Waals surface area contributed by atoms with E-state index in [1.165, 1.54) is 4.90 Å². The highest BCUT2D eigenvalue weighted by Gasteiger charge is 2.27. The van der Waals surface area contributed by atoms with Crippen LogP contribution >= 0.6 is 12.2 Å². The molecule has 1 amide bonds. The van der Waals surface area contributed by atoms with Crippen LogP contribution in [-0.4, -0.2) is 40.1 Å². The Labute approximate surface area is 176 Å². The lowest BCUT2D eigenvalue weighted by Gasteiger charge is -2.11. The number of nitrogens with one attached hydrogen (secondary N) is 1. The van der Waals surface area contributed by atoms with Crippen molar-refractivity contribution < 1.29 is 14.3 Å². The quantitative estimate of drug-likeness (QED) is 0.340. The zero-order chi connectivity index (χ0) is 21.1. The molecule has 29 heavy (non-hydrogen) atoms. The molecule has 1 N–H and O–H groups in total. The van der Waals surface area contributed by atoms with Gasteiger partial charge in [0.1, 0.15) is 5.70 Å². The molecule has 1 aliphatic rings. The molecule has 0 saturated carbocycles. The second kappa shape index (κ2) is 8.61. The van der Waals surface area contributed by atoms with E-state index in [4.69, 9.17) is 17.0 Å². The largest absolute Gasteiger partial charge is 0.462 e. The van der Waals surface area contributed by atoms with Crippen molar-refractivity contribution in [3.63, 3.8) is 0 Å². The van der Waals surface area contributed by atoms with Gasteiger partial charge in [-0.2, -0.15) is 0 Å². The maximum Gasteiger partial charge on any atom is 0.338 e. The third kappa shape index (κ3) is 4.24. The number of rotatable bonds is 6. The molecule has 7 heteroatoms. The van der Waals surface area contributed by atoms with E-state index in [2.05, 4.69) is 16.8 Å². The second-order valence-corrected chi connectivity index (χ2v) is 7.44. The van der Waals surface area contributed by atoms with Crippen molar-refractivity contribution in [2.75, 3.05) is 13.7 Å². The Bertz CT molecular complexity index is 989. The van der Waals surface area contributed by atoms with E-state index in [0.29, 0.717) is 23.0 Å². The molecular weight excluding hydrogens is 386 g/mol. The molecule has 1 fully saturated rings. The number of unbranched alkanes of at least 4 members (excludes halogenated alkanes) is 1. The first-order valence-electron chi connectivity index (χ1n) is 9.60. The van der Waals surface area contributed by atoms with Gasteiger partial charge in [0.25, 0.3) is 5.91 Å². The lowest BCUT2D eigenvalue weighted by Crippen LogP contribution is -2.25. The van der Waals surface area contributed by atoms with Gasteiger partial charge in [0, 0.05) is 24.1 Å². The Balaban J connectivity index is 1.84. The molecular formula is C22H25N3O3S. The van der Waals surface area contributed by atoms with Gasteiger partial charge in [-0.25, -0.2) is 4.79 Å². The molecule has 3 rings (SSSR count). The van der Waals surface area contributed by atoms with E-state index in [1.807, 2.05) is 38.1 Å². The molecule has 1 aromatic heterocycles. The molecule has 1 aliphatic heterocycles. The lowest BCUT2D eigenvalue weighted by molar-refractivity contribution is -0.121. The number of carbonyl (C=O) groups is 2. The van der Waals surface area contributed by atoms with Crippen molar-refractivity contribution in [2.45, 2.75) is 33.6 Å². The Morgan fingerprint density at radius 3 is 2.52 bits per heavy atom. The summed E-state index contributed by atoms with van der Waals surface area (Å²) >= 11 is 5.13. The molecule has 0 bridgehead atoms. The minimum Gasteiger partial charge on any atom is -0.462 e. The number of amides is 1. The summed E-state index contributed by atoms with van der Waals surface area (Å²) in [4.78, 5) is 25.8. The van der Waals surface area contributed by atoms with Crippen LogP contribution in [0.2, 0.25) is 0 Å². The van der Waals surface area contributed by atoms with Gasteiger partial charge < -0.3 is 14.6 Å². The first-order valence-corrected chi connectivity index (χ1v) is 10.0. The van der Waals surface area contributed by atoms with Gasteiger partial charge in [-0.15, -0.1) is 0 Å². The number of likely N-dealkylation sites (N-methyl/N-ethyl adjacent to an activating group) is 1. The fourth-order valence-electron chi connectivity index (χ4n) is 3.25. The monoisotopic (exact) mass is 411 g/mol. The van der Waals surface area contributed by atoms with E-state index >= 15 is 0 Å². The van der Waals surface area contributed by atoms with Crippen LogP contribution in [-0.2, 0) is 9.53 Å². The standard InChI is InChI=1S/C22H25N3O3S/c1-5-6-11-28-21(27)16-7-9-18(10-8-16)25-14(2)12-17(15(25)3)13-19-20(26)24(4)22(29)23-19/h7-10,12-13H,5-6,11H2,1-4H3,(H,23,29)/b19-13-. The number of benzene rings is 1. The summed E-state index contributed by atoms with van der Waals surface area (Å²) in [5.74, 6) is -0.451. The van der Waals surface area contributed by atoms with E-state index in [-0.39, 0.29) is 11.9 Å². The molecule has 2 aromatic rings. The fourth-order valence-corrected chi connectivity index (χ4v) is 3.44. The Kier molecular flexibility index (Phi) is 6.17. The highest BCUT2D eigenvalue weighted by molar-refractivity contribution is 7.80. The third-order valence-corrected chi connectivity index (χ3v) is 5.32. The van der Waals surface area contributed by atoms with E-state index < -0.39 is 0 Å². The Morgan fingerprint density at radius 2 is 1.93 bits per heavy atom. The van der Waals surface area contributed by atoms with Crippen molar-refractivity contribution in [3.05, 3.63) is 58.5 Å². The van der Waals surface area contributed by atoms with Crippen molar-refractivity contribution in [1.82, 2.24) is 14.8 Å². The Hall–Kier alpha value is -2.93. The van der Waals surface area contributed by atoms with Crippen molar-refractivity contribution >= 4 is 35.3 Å². The molecule has 0 spiro atoms. The van der Waals surface area contributed by atoms with E-state index in [9.17, 15) is 9.59 Å². The summed E-state index contributed by atoms with van der Waals surface area (Å²) in [6.07, 6.45) is 3.66. The van der Waals surface area contributed by atoms with E-state index in [1.54, 1.807) is 19.2 Å². The smallest absolute Gasteiger partial charge is 0.338 e. The number of hydrogen-bond acceptors (Lipinski definition) is 4. The van der Waals surface area contributed by atoms with Gasteiger partial charge in [0.05, 0.1) is 12.2 Å². The molecule has 152 valence electrons. The van der Waals surface area contributed by atoms with Crippen LogP contribution in [0.1, 0.15) is 47.1 Å². The van der Waals surface area contributed by atoms with Crippen LogP contribution in [0.25, 0.3) is 11.8 Å². The molecule has 1 saturated heterocycles. The van der Waals surface area contributed by atoms with Crippen LogP contribution in [0.15, 0.2) is 36.0 Å². The van der Waals surface area contributed by atoms with Crippen molar-refractivity contribution in [3.8, 4) is 5.69 Å². The molecule has 0 atom stereocenters. The predicted octanol–water partition coefficient (Wildman–Crippen LogP) is 3.74. The van der Waals surface area contributed by atoms with Gasteiger partial charge in [-0.3, -0.25) is 9.69 Å². The minimum absolute atomic E-state index is 0.147. The number of carbonyl (C=O) groups excluding carboxylic acids is 2. The van der Waals surface area contributed by atoms with Gasteiger partial charge >= 0.3 is 5.97 Å². The van der Waals surface area contributed by atoms with Crippen LogP contribution in [0, 0.1) is 13.8 Å². The molecule has 2 heterocycles. The normalized spacial score (nSPS) is 15.2. The zero-order valence-corrected chi connectivity index (χ0v) is 17.9. The average Bonchev–Trinajstić information content (AvgIpc) is 3.12. The number of aromatic nitrogens is 1. The van der Waals surface area contributed by atoms with Gasteiger partial charge in [0.2, 0.25) is 0 Å². The van der Waals surface area contributed by atoms with Crippen molar-refractivity contribution in [2.24, 2.45) is 0 Å². The van der Waals surface area contributed by atoms with Crippen LogP contribution in [0.3, 0.4) is 0 Å². The number of esters is 1. The highest BCUT2D eigenvalue weighted by atomic mass is 32.1. The molecule has 0 unspecified atom stereocenters. The fraction of sp³-hybridized carbons (Fsp3) is 0.318. The third-order valence-electron chi connectivity index (χ3n) is 4.94. The molecule has 6 nitrogen and oxygen atoms in total. The molecule has 0 aliphatic carbocycles. The second-order valence-electron chi connectivity index (χ2n) is 7.05. The number of thiocarbonyl (C=S) groups is 1.